The second-order valence-corrected chi connectivity index (χ2v) is 4.53. The van der Waals surface area contributed by atoms with Crippen molar-refractivity contribution in [3.05, 3.63) is 44.9 Å². The third kappa shape index (κ3) is 2.05. The monoisotopic (exact) mass is 332 g/mol. The first-order valence-corrected chi connectivity index (χ1v) is 5.62. The maximum absolute atomic E-state index is 10.8. The van der Waals surface area contributed by atoms with Gasteiger partial charge in [0.1, 0.15) is 0 Å². The van der Waals surface area contributed by atoms with Crippen LogP contribution in [0.1, 0.15) is 10.5 Å². The largest absolute Gasteiger partial charge is 0.296 e. The predicted octanol–water partition coefficient (Wildman–Crippen LogP) is 2.94. The highest BCUT2D eigenvalue weighted by Gasteiger charge is 2.09. The van der Waals surface area contributed by atoms with E-state index >= 15 is 0 Å². The molecule has 0 spiro atoms. The maximum Gasteiger partial charge on any atom is 0.166 e. The van der Waals surface area contributed by atoms with Crippen molar-refractivity contribution in [1.29, 1.82) is 0 Å². The van der Waals surface area contributed by atoms with E-state index in [1.54, 1.807) is 29.0 Å². The highest BCUT2D eigenvalue weighted by molar-refractivity contribution is 14.1. The van der Waals surface area contributed by atoms with E-state index in [9.17, 15) is 4.79 Å². The van der Waals surface area contributed by atoms with Crippen LogP contribution in [-0.4, -0.2) is 15.8 Å². The van der Waals surface area contributed by atoms with Gasteiger partial charge in [0.05, 0.1) is 10.7 Å². The lowest BCUT2D eigenvalue weighted by Crippen LogP contribution is -2.00. The first kappa shape index (κ1) is 10.6. The van der Waals surface area contributed by atoms with E-state index < -0.39 is 0 Å². The van der Waals surface area contributed by atoms with Crippen LogP contribution in [0.5, 0.6) is 0 Å². The summed E-state index contributed by atoms with van der Waals surface area (Å²) in [6.07, 6.45) is 4.24. The van der Waals surface area contributed by atoms with Crippen LogP contribution in [0.25, 0.3) is 5.82 Å². The highest BCUT2D eigenvalue weighted by atomic mass is 127. The van der Waals surface area contributed by atoms with Gasteiger partial charge in [0.25, 0.3) is 0 Å². The van der Waals surface area contributed by atoms with Crippen molar-refractivity contribution < 1.29 is 4.79 Å². The van der Waals surface area contributed by atoms with Crippen LogP contribution in [0.4, 0.5) is 0 Å². The van der Waals surface area contributed by atoms with Crippen molar-refractivity contribution in [2.75, 3.05) is 0 Å². The number of aldehydes is 1. The van der Waals surface area contributed by atoms with E-state index in [0.29, 0.717) is 16.5 Å². The fourth-order valence-corrected chi connectivity index (χ4v) is 2.08. The normalized spacial score (nSPS) is 10.3. The highest BCUT2D eigenvalue weighted by Crippen LogP contribution is 2.20. The zero-order valence-electron chi connectivity index (χ0n) is 7.52. The molecule has 3 nitrogen and oxygen atoms in total. The molecule has 0 atom stereocenters. The summed E-state index contributed by atoms with van der Waals surface area (Å²) >= 11 is 8.13. The topological polar surface area (TPSA) is 34.9 Å². The molecule has 2 rings (SSSR count). The lowest BCUT2D eigenvalue weighted by molar-refractivity contribution is 0.111. The van der Waals surface area contributed by atoms with Gasteiger partial charge in [-0.05, 0) is 40.8 Å². The van der Waals surface area contributed by atoms with E-state index in [1.165, 1.54) is 0 Å². The van der Waals surface area contributed by atoms with Gasteiger partial charge in [-0.2, -0.15) is 0 Å². The molecule has 0 aliphatic rings. The van der Waals surface area contributed by atoms with Gasteiger partial charge in [-0.1, -0.05) is 11.6 Å². The molecule has 0 N–H and O–H groups in total. The Morgan fingerprint density at radius 1 is 1.53 bits per heavy atom. The minimum Gasteiger partial charge on any atom is -0.296 e. The second-order valence-electron chi connectivity index (χ2n) is 2.88. The number of pyridine rings is 1. The van der Waals surface area contributed by atoms with Gasteiger partial charge in [0, 0.05) is 16.0 Å². The van der Waals surface area contributed by atoms with Crippen molar-refractivity contribution >= 4 is 40.5 Å². The van der Waals surface area contributed by atoms with Crippen LogP contribution in [0, 0.1) is 3.57 Å². The average Bonchev–Trinajstić information content (AvgIpc) is 2.60. The maximum atomic E-state index is 10.8. The van der Waals surface area contributed by atoms with Crippen molar-refractivity contribution in [2.24, 2.45) is 0 Å². The average molecular weight is 333 g/mol. The van der Waals surface area contributed by atoms with Crippen LogP contribution in [0.2, 0.25) is 5.02 Å². The molecule has 0 saturated heterocycles. The summed E-state index contributed by atoms with van der Waals surface area (Å²) in [6, 6.07) is 5.27. The number of rotatable bonds is 2. The SMILES string of the molecule is O=Cc1cc(I)cn1-c1ncccc1Cl. The molecule has 0 aliphatic heterocycles. The zero-order chi connectivity index (χ0) is 10.8. The number of hydrogen-bond acceptors (Lipinski definition) is 2. The Morgan fingerprint density at radius 2 is 2.33 bits per heavy atom. The van der Waals surface area contributed by atoms with Gasteiger partial charge >= 0.3 is 0 Å². The van der Waals surface area contributed by atoms with Crippen molar-refractivity contribution in [2.45, 2.75) is 0 Å². The Balaban J connectivity index is 2.63. The Hall–Kier alpha value is -0.880. The molecule has 0 unspecified atom stereocenters. The van der Waals surface area contributed by atoms with E-state index in [0.717, 1.165) is 9.86 Å². The van der Waals surface area contributed by atoms with Crippen molar-refractivity contribution in [3.8, 4) is 5.82 Å². The number of nitrogens with zero attached hydrogens (tertiary/aromatic N) is 2. The number of carbonyl (C=O) groups is 1. The van der Waals surface area contributed by atoms with E-state index in [1.807, 2.05) is 6.20 Å². The molecule has 2 aromatic heterocycles. The molecule has 76 valence electrons. The summed E-state index contributed by atoms with van der Waals surface area (Å²) in [4.78, 5) is 15.0. The third-order valence-corrected chi connectivity index (χ3v) is 2.79. The van der Waals surface area contributed by atoms with Gasteiger partial charge < -0.3 is 0 Å². The summed E-state index contributed by atoms with van der Waals surface area (Å²) in [5, 5.41) is 0.521. The first-order chi connectivity index (χ1) is 7.22. The van der Waals surface area contributed by atoms with Gasteiger partial charge in [-0.3, -0.25) is 9.36 Å². The summed E-state index contributed by atoms with van der Waals surface area (Å²) in [7, 11) is 0. The molecular weight excluding hydrogens is 326 g/mol. The number of hydrogen-bond donors (Lipinski definition) is 0. The van der Waals surface area contributed by atoms with Crippen molar-refractivity contribution in [3.63, 3.8) is 0 Å². The Labute approximate surface area is 105 Å². The molecule has 0 aromatic carbocycles. The Bertz CT molecular complexity index is 510. The second kappa shape index (κ2) is 4.32. The van der Waals surface area contributed by atoms with Crippen LogP contribution < -0.4 is 0 Å². The first-order valence-electron chi connectivity index (χ1n) is 4.16. The quantitative estimate of drug-likeness (QED) is 0.626. The molecule has 0 radical (unpaired) electrons. The van der Waals surface area contributed by atoms with Gasteiger partial charge in [-0.15, -0.1) is 0 Å². The summed E-state index contributed by atoms with van der Waals surface area (Å²) in [5.74, 6) is 0.573. The fourth-order valence-electron chi connectivity index (χ4n) is 1.27. The number of halogens is 2. The lowest BCUT2D eigenvalue weighted by Gasteiger charge is -2.05. The number of aromatic nitrogens is 2. The molecule has 2 aromatic rings. The molecule has 0 aliphatic carbocycles. The van der Waals surface area contributed by atoms with Crippen LogP contribution in [0.15, 0.2) is 30.6 Å². The standard InChI is InChI=1S/C10H6ClIN2O/c11-9-2-1-3-13-10(9)14-5-7(12)4-8(14)6-15/h1-6H. The summed E-state index contributed by atoms with van der Waals surface area (Å²) < 4.78 is 2.65. The van der Waals surface area contributed by atoms with Crippen LogP contribution in [0.3, 0.4) is 0 Å². The van der Waals surface area contributed by atoms with Gasteiger partial charge in [0.15, 0.2) is 12.1 Å². The fraction of sp³-hybridized carbons (Fsp3) is 0. The molecule has 0 fully saturated rings. The summed E-state index contributed by atoms with van der Waals surface area (Å²) in [5.41, 5.74) is 0.542. The van der Waals surface area contributed by atoms with Crippen LogP contribution in [-0.2, 0) is 0 Å². The molecule has 2 heterocycles. The number of carbonyl (C=O) groups excluding carboxylic acids is 1. The Morgan fingerprint density at radius 3 is 3.00 bits per heavy atom. The van der Waals surface area contributed by atoms with E-state index in [4.69, 9.17) is 11.6 Å². The minimum atomic E-state index is 0.521. The van der Waals surface area contributed by atoms with Gasteiger partial charge in [0.2, 0.25) is 0 Å². The molecule has 15 heavy (non-hydrogen) atoms. The van der Waals surface area contributed by atoms with Crippen molar-refractivity contribution in [1.82, 2.24) is 9.55 Å². The summed E-state index contributed by atoms with van der Waals surface area (Å²) in [6.45, 7) is 0. The zero-order valence-corrected chi connectivity index (χ0v) is 10.4. The third-order valence-electron chi connectivity index (χ3n) is 1.90. The van der Waals surface area contributed by atoms with E-state index in [2.05, 4.69) is 27.6 Å². The smallest absolute Gasteiger partial charge is 0.166 e. The predicted molar refractivity (Wildman–Crippen MR) is 66.7 cm³/mol. The molecule has 0 amide bonds. The minimum absolute atomic E-state index is 0.521. The lowest BCUT2D eigenvalue weighted by atomic mass is 10.4. The molecule has 0 saturated carbocycles. The van der Waals surface area contributed by atoms with E-state index in [-0.39, 0.29) is 0 Å². The van der Waals surface area contributed by atoms with Crippen LogP contribution >= 0.6 is 34.2 Å². The molecule has 0 bridgehead atoms. The van der Waals surface area contributed by atoms with Gasteiger partial charge in [-0.25, -0.2) is 4.98 Å². The molecular formula is C10H6ClIN2O. The molecule has 5 heteroatoms. The Kier molecular flexibility index (Phi) is 3.06.